The first kappa shape index (κ1) is 13.8. The van der Waals surface area contributed by atoms with E-state index in [4.69, 9.17) is 4.74 Å². The number of fused-ring (bicyclic) bond motifs is 4. The number of aliphatic hydroxyl groups is 1. The molecule has 4 nitrogen and oxygen atoms in total. The minimum atomic E-state index is -0.512. The standard InChI is InChI=1S/C20H18N2O2/c23-19(13-5-6-20-14(9-13)7-8-24-20)10-17-15-3-1-2-4-16(15)18-11-21-12-22(17)18/h1-6,9,11-12,17,19,23H,7-8,10H2. The summed E-state index contributed by atoms with van der Waals surface area (Å²) in [5, 5.41) is 10.8. The van der Waals surface area contributed by atoms with Crippen LogP contribution in [-0.4, -0.2) is 21.3 Å². The van der Waals surface area contributed by atoms with E-state index in [1.54, 1.807) is 0 Å². The number of nitrogens with zero attached hydrogens (tertiary/aromatic N) is 2. The summed E-state index contributed by atoms with van der Waals surface area (Å²) in [4.78, 5) is 4.28. The van der Waals surface area contributed by atoms with Crippen LogP contribution >= 0.6 is 0 Å². The van der Waals surface area contributed by atoms with E-state index in [2.05, 4.69) is 39.9 Å². The Balaban J connectivity index is 1.48. The lowest BCUT2D eigenvalue weighted by Crippen LogP contribution is -2.10. The first-order chi connectivity index (χ1) is 11.8. The Labute approximate surface area is 140 Å². The monoisotopic (exact) mass is 318 g/mol. The fraction of sp³-hybridized carbons (Fsp3) is 0.250. The van der Waals surface area contributed by atoms with Crippen molar-refractivity contribution in [2.45, 2.75) is 25.0 Å². The lowest BCUT2D eigenvalue weighted by atomic mass is 9.95. The molecule has 0 saturated carbocycles. The highest BCUT2D eigenvalue weighted by atomic mass is 16.5. The predicted octanol–water partition coefficient (Wildman–Crippen LogP) is 3.51. The molecule has 4 heteroatoms. The van der Waals surface area contributed by atoms with Crippen molar-refractivity contribution in [2.75, 3.05) is 6.61 Å². The van der Waals surface area contributed by atoms with E-state index >= 15 is 0 Å². The number of rotatable bonds is 3. The molecule has 0 saturated heterocycles. The van der Waals surface area contributed by atoms with Crippen LogP contribution in [-0.2, 0) is 6.42 Å². The largest absolute Gasteiger partial charge is 0.493 e. The Morgan fingerprint density at radius 2 is 2.17 bits per heavy atom. The van der Waals surface area contributed by atoms with Gasteiger partial charge >= 0.3 is 0 Å². The summed E-state index contributed by atoms with van der Waals surface area (Å²) < 4.78 is 7.73. The van der Waals surface area contributed by atoms with Crippen LogP contribution in [0.5, 0.6) is 5.75 Å². The number of hydrogen-bond acceptors (Lipinski definition) is 3. The van der Waals surface area contributed by atoms with Gasteiger partial charge in [-0.25, -0.2) is 4.98 Å². The third kappa shape index (κ3) is 2.00. The summed E-state index contributed by atoms with van der Waals surface area (Å²) in [6.07, 6.45) is 4.82. The van der Waals surface area contributed by atoms with E-state index in [1.807, 2.05) is 24.7 Å². The summed E-state index contributed by atoms with van der Waals surface area (Å²) in [5.41, 5.74) is 5.77. The molecule has 3 heterocycles. The van der Waals surface area contributed by atoms with E-state index in [0.717, 1.165) is 30.0 Å². The van der Waals surface area contributed by atoms with Crippen molar-refractivity contribution in [3.63, 3.8) is 0 Å². The highest BCUT2D eigenvalue weighted by Crippen LogP contribution is 2.43. The molecule has 5 rings (SSSR count). The number of aromatic nitrogens is 2. The van der Waals surface area contributed by atoms with Gasteiger partial charge in [0.1, 0.15) is 5.75 Å². The van der Waals surface area contributed by atoms with Crippen LogP contribution in [0.2, 0.25) is 0 Å². The molecule has 0 fully saturated rings. The first-order valence-corrected chi connectivity index (χ1v) is 8.36. The zero-order chi connectivity index (χ0) is 16.1. The Morgan fingerprint density at radius 1 is 1.25 bits per heavy atom. The third-order valence-corrected chi connectivity index (χ3v) is 5.14. The van der Waals surface area contributed by atoms with Gasteiger partial charge in [0, 0.05) is 18.4 Å². The smallest absolute Gasteiger partial charge is 0.122 e. The van der Waals surface area contributed by atoms with Gasteiger partial charge in [0.2, 0.25) is 0 Å². The van der Waals surface area contributed by atoms with Crippen molar-refractivity contribution >= 4 is 0 Å². The topological polar surface area (TPSA) is 47.3 Å². The Morgan fingerprint density at radius 3 is 3.12 bits per heavy atom. The molecule has 0 bridgehead atoms. The van der Waals surface area contributed by atoms with E-state index in [-0.39, 0.29) is 6.04 Å². The van der Waals surface area contributed by atoms with Crippen molar-refractivity contribution in [3.8, 4) is 17.0 Å². The lowest BCUT2D eigenvalue weighted by molar-refractivity contribution is 0.153. The average Bonchev–Trinajstić information content (AvgIpc) is 3.31. The normalized spacial score (nSPS) is 18.6. The highest BCUT2D eigenvalue weighted by Gasteiger charge is 2.30. The summed E-state index contributed by atoms with van der Waals surface area (Å²) in [6, 6.07) is 14.6. The molecule has 1 aromatic heterocycles. The molecular formula is C20H18N2O2. The number of ether oxygens (including phenoxy) is 1. The maximum Gasteiger partial charge on any atom is 0.122 e. The molecule has 2 unspecified atom stereocenters. The zero-order valence-electron chi connectivity index (χ0n) is 13.2. The summed E-state index contributed by atoms with van der Waals surface area (Å²) in [5.74, 6) is 0.953. The van der Waals surface area contributed by atoms with Crippen molar-refractivity contribution in [1.82, 2.24) is 9.55 Å². The Bertz CT molecular complexity index is 916. The van der Waals surface area contributed by atoms with Crippen molar-refractivity contribution in [2.24, 2.45) is 0 Å². The second-order valence-electron chi connectivity index (χ2n) is 6.51. The van der Waals surface area contributed by atoms with Crippen LogP contribution in [0.15, 0.2) is 55.0 Å². The Hall–Kier alpha value is -2.59. The second kappa shape index (κ2) is 5.21. The van der Waals surface area contributed by atoms with Gasteiger partial charge in [-0.15, -0.1) is 0 Å². The number of imidazole rings is 1. The highest BCUT2D eigenvalue weighted by molar-refractivity contribution is 5.68. The molecule has 2 atom stereocenters. The van der Waals surface area contributed by atoms with Crippen LogP contribution in [0.4, 0.5) is 0 Å². The van der Waals surface area contributed by atoms with Crippen LogP contribution in [0.25, 0.3) is 11.3 Å². The molecular weight excluding hydrogens is 300 g/mol. The van der Waals surface area contributed by atoms with Gasteiger partial charge in [-0.1, -0.05) is 30.3 Å². The molecule has 120 valence electrons. The van der Waals surface area contributed by atoms with E-state index in [0.29, 0.717) is 6.42 Å². The zero-order valence-corrected chi connectivity index (χ0v) is 13.2. The molecule has 0 aliphatic carbocycles. The molecule has 0 radical (unpaired) electrons. The van der Waals surface area contributed by atoms with Gasteiger partial charge in [0.15, 0.2) is 0 Å². The van der Waals surface area contributed by atoms with Gasteiger partial charge in [0.05, 0.1) is 37.0 Å². The second-order valence-corrected chi connectivity index (χ2v) is 6.51. The Kier molecular flexibility index (Phi) is 3.00. The summed E-state index contributed by atoms with van der Waals surface area (Å²) in [7, 11) is 0. The quantitative estimate of drug-likeness (QED) is 0.804. The number of aliphatic hydroxyl groups excluding tert-OH is 1. The van der Waals surface area contributed by atoms with Gasteiger partial charge in [-0.3, -0.25) is 0 Å². The SMILES string of the molecule is OC(CC1c2ccccc2-c2cncn21)c1ccc2c(c1)CCO2. The molecule has 2 aliphatic rings. The fourth-order valence-corrected chi connectivity index (χ4v) is 3.93. The van der Waals surface area contributed by atoms with Gasteiger partial charge in [-0.2, -0.15) is 0 Å². The van der Waals surface area contributed by atoms with Crippen molar-refractivity contribution in [3.05, 3.63) is 71.7 Å². The molecule has 1 N–H and O–H groups in total. The molecule has 24 heavy (non-hydrogen) atoms. The molecule has 0 amide bonds. The molecule has 2 aromatic carbocycles. The van der Waals surface area contributed by atoms with Crippen molar-refractivity contribution < 1.29 is 9.84 Å². The molecule has 3 aromatic rings. The molecule has 2 aliphatic heterocycles. The van der Waals surface area contributed by atoms with Gasteiger partial charge < -0.3 is 14.4 Å². The minimum absolute atomic E-state index is 0.123. The third-order valence-electron chi connectivity index (χ3n) is 5.14. The number of hydrogen-bond donors (Lipinski definition) is 1. The fourth-order valence-electron chi connectivity index (χ4n) is 3.93. The lowest BCUT2D eigenvalue weighted by Gasteiger charge is -2.19. The first-order valence-electron chi connectivity index (χ1n) is 8.36. The van der Waals surface area contributed by atoms with Crippen LogP contribution in [0.1, 0.15) is 35.3 Å². The maximum absolute atomic E-state index is 10.8. The molecule has 0 spiro atoms. The van der Waals surface area contributed by atoms with Crippen LogP contribution in [0, 0.1) is 0 Å². The van der Waals surface area contributed by atoms with Gasteiger partial charge in [-0.05, 0) is 28.8 Å². The predicted molar refractivity (Wildman–Crippen MR) is 91.0 cm³/mol. The maximum atomic E-state index is 10.8. The number of benzene rings is 2. The summed E-state index contributed by atoms with van der Waals surface area (Å²) in [6.45, 7) is 0.739. The average molecular weight is 318 g/mol. The van der Waals surface area contributed by atoms with E-state index in [1.165, 1.54) is 16.7 Å². The van der Waals surface area contributed by atoms with E-state index in [9.17, 15) is 5.11 Å². The van der Waals surface area contributed by atoms with Gasteiger partial charge in [0.25, 0.3) is 0 Å². The minimum Gasteiger partial charge on any atom is -0.493 e. The van der Waals surface area contributed by atoms with E-state index < -0.39 is 6.10 Å². The van der Waals surface area contributed by atoms with Crippen molar-refractivity contribution in [1.29, 1.82) is 0 Å². The van der Waals surface area contributed by atoms with Crippen LogP contribution < -0.4 is 4.74 Å². The van der Waals surface area contributed by atoms with Crippen LogP contribution in [0.3, 0.4) is 0 Å². The summed E-state index contributed by atoms with van der Waals surface area (Å²) >= 11 is 0.